The van der Waals surface area contributed by atoms with Gasteiger partial charge in [0.1, 0.15) is 5.75 Å². The Morgan fingerprint density at radius 2 is 1.79 bits per heavy atom. The SMILES string of the molecule is CCOc1ccc(C(O)C(CC)NCC(C)O)cc1. The molecule has 0 aliphatic rings. The minimum Gasteiger partial charge on any atom is -0.494 e. The lowest BCUT2D eigenvalue weighted by Crippen LogP contribution is -2.38. The Morgan fingerprint density at radius 1 is 1.16 bits per heavy atom. The van der Waals surface area contributed by atoms with Crippen molar-refractivity contribution in [1.29, 1.82) is 0 Å². The molecule has 3 unspecified atom stereocenters. The van der Waals surface area contributed by atoms with E-state index in [-0.39, 0.29) is 6.04 Å². The van der Waals surface area contributed by atoms with Gasteiger partial charge in [0.25, 0.3) is 0 Å². The molecule has 3 atom stereocenters. The van der Waals surface area contributed by atoms with Gasteiger partial charge >= 0.3 is 0 Å². The van der Waals surface area contributed by atoms with Crippen molar-refractivity contribution in [2.24, 2.45) is 0 Å². The third kappa shape index (κ3) is 5.19. The lowest BCUT2D eigenvalue weighted by molar-refractivity contribution is 0.112. The summed E-state index contributed by atoms with van der Waals surface area (Å²) in [6.07, 6.45) is -0.206. The van der Waals surface area contributed by atoms with Gasteiger partial charge in [0.2, 0.25) is 0 Å². The minimum atomic E-state index is -0.584. The first-order chi connectivity index (χ1) is 9.08. The third-order valence-corrected chi connectivity index (χ3v) is 3.03. The molecule has 0 heterocycles. The predicted molar refractivity (Wildman–Crippen MR) is 76.3 cm³/mol. The maximum atomic E-state index is 10.3. The largest absolute Gasteiger partial charge is 0.494 e. The summed E-state index contributed by atoms with van der Waals surface area (Å²) < 4.78 is 5.38. The summed E-state index contributed by atoms with van der Waals surface area (Å²) >= 11 is 0. The van der Waals surface area contributed by atoms with Crippen LogP contribution in [0.15, 0.2) is 24.3 Å². The van der Waals surface area contributed by atoms with Crippen LogP contribution in [0, 0.1) is 0 Å². The molecule has 0 saturated heterocycles. The molecular weight excluding hydrogens is 242 g/mol. The molecule has 0 radical (unpaired) electrons. The molecule has 0 spiro atoms. The molecule has 19 heavy (non-hydrogen) atoms. The summed E-state index contributed by atoms with van der Waals surface area (Å²) in [4.78, 5) is 0. The maximum Gasteiger partial charge on any atom is 0.119 e. The molecule has 108 valence electrons. The maximum absolute atomic E-state index is 10.3. The van der Waals surface area contributed by atoms with Crippen LogP contribution in [-0.4, -0.2) is 35.5 Å². The Bertz CT molecular complexity index is 351. The average molecular weight is 267 g/mol. The van der Waals surface area contributed by atoms with Crippen LogP contribution in [0.4, 0.5) is 0 Å². The number of hydrogen-bond acceptors (Lipinski definition) is 4. The monoisotopic (exact) mass is 267 g/mol. The molecule has 0 fully saturated rings. The number of aliphatic hydroxyl groups is 2. The van der Waals surface area contributed by atoms with Crippen molar-refractivity contribution in [2.75, 3.05) is 13.2 Å². The number of hydrogen-bond donors (Lipinski definition) is 3. The molecule has 1 aromatic rings. The predicted octanol–water partition coefficient (Wildman–Crippen LogP) is 1.87. The van der Waals surface area contributed by atoms with E-state index in [0.717, 1.165) is 17.7 Å². The van der Waals surface area contributed by atoms with E-state index in [0.29, 0.717) is 13.2 Å². The van der Waals surface area contributed by atoms with Gasteiger partial charge in [-0.25, -0.2) is 0 Å². The zero-order valence-corrected chi connectivity index (χ0v) is 12.0. The fraction of sp³-hybridized carbons (Fsp3) is 0.600. The van der Waals surface area contributed by atoms with Crippen LogP contribution in [0.1, 0.15) is 38.9 Å². The van der Waals surface area contributed by atoms with Gasteiger partial charge in [0, 0.05) is 12.6 Å². The Kier molecular flexibility index (Phi) is 6.84. The van der Waals surface area contributed by atoms with Gasteiger partial charge in [-0.2, -0.15) is 0 Å². The third-order valence-electron chi connectivity index (χ3n) is 3.03. The highest BCUT2D eigenvalue weighted by Crippen LogP contribution is 2.21. The molecule has 0 aliphatic carbocycles. The second-order valence-electron chi connectivity index (χ2n) is 4.72. The van der Waals surface area contributed by atoms with Crippen molar-refractivity contribution in [3.8, 4) is 5.75 Å². The van der Waals surface area contributed by atoms with Crippen molar-refractivity contribution < 1.29 is 14.9 Å². The van der Waals surface area contributed by atoms with Gasteiger partial charge in [-0.05, 0) is 38.0 Å². The second-order valence-corrected chi connectivity index (χ2v) is 4.72. The standard InChI is InChI=1S/C15H25NO3/c1-4-14(16-10-11(3)17)15(18)12-6-8-13(9-7-12)19-5-2/h6-9,11,14-18H,4-5,10H2,1-3H3. The Labute approximate surface area is 115 Å². The highest BCUT2D eigenvalue weighted by atomic mass is 16.5. The summed E-state index contributed by atoms with van der Waals surface area (Å²) in [5.41, 5.74) is 0.855. The molecule has 0 saturated carbocycles. The summed E-state index contributed by atoms with van der Waals surface area (Å²) in [5.74, 6) is 0.809. The van der Waals surface area contributed by atoms with Crippen molar-refractivity contribution >= 4 is 0 Å². The van der Waals surface area contributed by atoms with Gasteiger partial charge in [-0.3, -0.25) is 0 Å². The lowest BCUT2D eigenvalue weighted by atomic mass is 10.00. The van der Waals surface area contributed by atoms with Crippen molar-refractivity contribution in [2.45, 2.75) is 45.4 Å². The first-order valence-electron chi connectivity index (χ1n) is 6.90. The van der Waals surface area contributed by atoms with Gasteiger partial charge in [0.15, 0.2) is 0 Å². The Balaban J connectivity index is 2.65. The van der Waals surface area contributed by atoms with Gasteiger partial charge in [-0.15, -0.1) is 0 Å². The number of benzene rings is 1. The lowest BCUT2D eigenvalue weighted by Gasteiger charge is -2.24. The Hall–Kier alpha value is -1.10. The van der Waals surface area contributed by atoms with Crippen LogP contribution in [0.3, 0.4) is 0 Å². The van der Waals surface area contributed by atoms with Crippen molar-refractivity contribution in [1.82, 2.24) is 5.32 Å². The van der Waals surface area contributed by atoms with Crippen LogP contribution < -0.4 is 10.1 Å². The van der Waals surface area contributed by atoms with E-state index < -0.39 is 12.2 Å². The van der Waals surface area contributed by atoms with E-state index >= 15 is 0 Å². The van der Waals surface area contributed by atoms with Crippen LogP contribution in [0.2, 0.25) is 0 Å². The first kappa shape index (κ1) is 16.0. The molecular formula is C15H25NO3. The summed E-state index contributed by atoms with van der Waals surface area (Å²) in [6, 6.07) is 7.42. The van der Waals surface area contributed by atoms with E-state index in [1.165, 1.54) is 0 Å². The average Bonchev–Trinajstić information content (AvgIpc) is 2.40. The zero-order chi connectivity index (χ0) is 14.3. The smallest absolute Gasteiger partial charge is 0.119 e. The van der Waals surface area contributed by atoms with Crippen molar-refractivity contribution in [3.63, 3.8) is 0 Å². The molecule has 3 N–H and O–H groups in total. The zero-order valence-electron chi connectivity index (χ0n) is 12.0. The first-order valence-corrected chi connectivity index (χ1v) is 6.90. The normalized spacial score (nSPS) is 15.8. The number of rotatable bonds is 8. The van der Waals surface area contributed by atoms with Gasteiger partial charge in [0.05, 0.1) is 18.8 Å². The van der Waals surface area contributed by atoms with Crippen molar-refractivity contribution in [3.05, 3.63) is 29.8 Å². The number of aliphatic hydroxyl groups excluding tert-OH is 2. The second kappa shape index (κ2) is 8.15. The molecule has 0 aliphatic heterocycles. The topological polar surface area (TPSA) is 61.7 Å². The van der Waals surface area contributed by atoms with Gasteiger partial charge < -0.3 is 20.3 Å². The molecule has 0 aromatic heterocycles. The minimum absolute atomic E-state index is 0.0625. The molecule has 0 bridgehead atoms. The van der Waals surface area contributed by atoms with E-state index in [4.69, 9.17) is 4.74 Å². The molecule has 4 heteroatoms. The summed E-state index contributed by atoms with van der Waals surface area (Å²) in [7, 11) is 0. The van der Waals surface area contributed by atoms with E-state index in [9.17, 15) is 10.2 Å². The molecule has 1 rings (SSSR count). The number of ether oxygens (including phenoxy) is 1. The molecule has 4 nitrogen and oxygen atoms in total. The van der Waals surface area contributed by atoms with Crippen LogP contribution in [0.25, 0.3) is 0 Å². The highest BCUT2D eigenvalue weighted by molar-refractivity contribution is 5.29. The summed E-state index contributed by atoms with van der Waals surface area (Å²) in [5, 5.41) is 22.8. The molecule has 0 amide bonds. The molecule has 1 aromatic carbocycles. The fourth-order valence-electron chi connectivity index (χ4n) is 1.96. The summed E-state index contributed by atoms with van der Waals surface area (Å²) in [6.45, 7) is 6.79. The quantitative estimate of drug-likeness (QED) is 0.673. The Morgan fingerprint density at radius 3 is 2.26 bits per heavy atom. The van der Waals surface area contributed by atoms with Crippen LogP contribution >= 0.6 is 0 Å². The van der Waals surface area contributed by atoms with Gasteiger partial charge in [-0.1, -0.05) is 19.1 Å². The number of nitrogens with one attached hydrogen (secondary N) is 1. The van der Waals surface area contributed by atoms with E-state index in [1.54, 1.807) is 6.92 Å². The van der Waals surface area contributed by atoms with Crippen LogP contribution in [0.5, 0.6) is 5.75 Å². The van der Waals surface area contributed by atoms with E-state index in [1.807, 2.05) is 38.1 Å². The highest BCUT2D eigenvalue weighted by Gasteiger charge is 2.19. The van der Waals surface area contributed by atoms with E-state index in [2.05, 4.69) is 5.32 Å². The fourth-order valence-corrected chi connectivity index (χ4v) is 1.96. The van der Waals surface area contributed by atoms with Crippen LogP contribution in [-0.2, 0) is 0 Å².